The summed E-state index contributed by atoms with van der Waals surface area (Å²) < 4.78 is 5.52. The topological polar surface area (TPSA) is 59.6 Å². The Morgan fingerprint density at radius 3 is 3.06 bits per heavy atom. The first kappa shape index (κ1) is 11.9. The first-order valence-electron chi connectivity index (χ1n) is 6.02. The summed E-state index contributed by atoms with van der Waals surface area (Å²) in [7, 11) is 0. The zero-order valence-electron chi connectivity index (χ0n) is 10.1. The van der Waals surface area contributed by atoms with Gasteiger partial charge in [-0.05, 0) is 37.8 Å². The third-order valence-electron chi connectivity index (χ3n) is 2.95. The summed E-state index contributed by atoms with van der Waals surface area (Å²) >= 11 is 0. The van der Waals surface area contributed by atoms with Crippen LogP contribution in [0.4, 0.5) is 5.69 Å². The molecule has 4 heteroatoms. The van der Waals surface area contributed by atoms with Crippen LogP contribution in [-0.2, 0) is 4.74 Å². The van der Waals surface area contributed by atoms with Gasteiger partial charge in [-0.15, -0.1) is 0 Å². The molecular weight excluding hydrogens is 214 g/mol. The second-order valence-corrected chi connectivity index (χ2v) is 4.32. The van der Waals surface area contributed by atoms with Crippen molar-refractivity contribution in [2.45, 2.75) is 32.4 Å². The fraction of sp³-hybridized carbons (Fsp3) is 0.462. The molecule has 3 N–H and O–H groups in total. The van der Waals surface area contributed by atoms with Crippen LogP contribution in [-0.4, -0.2) is 19.0 Å². The van der Waals surface area contributed by atoms with Crippen molar-refractivity contribution < 1.29 is 4.74 Å². The van der Waals surface area contributed by atoms with E-state index in [0.29, 0.717) is 0 Å². The molecule has 2 rings (SSSR count). The van der Waals surface area contributed by atoms with Crippen LogP contribution < -0.4 is 11.2 Å². The highest BCUT2D eigenvalue weighted by Crippen LogP contribution is 2.14. The smallest absolute Gasteiger partial charge is 0.142 e. The van der Waals surface area contributed by atoms with Crippen molar-refractivity contribution in [3.05, 3.63) is 29.3 Å². The number of rotatable bonds is 3. The van der Waals surface area contributed by atoms with Crippen LogP contribution in [0.25, 0.3) is 0 Å². The fourth-order valence-corrected chi connectivity index (χ4v) is 1.91. The molecule has 0 spiro atoms. The lowest BCUT2D eigenvalue weighted by Crippen LogP contribution is -2.31. The monoisotopic (exact) mass is 233 g/mol. The van der Waals surface area contributed by atoms with Gasteiger partial charge in [0.25, 0.3) is 0 Å². The number of nitrogens with one attached hydrogen (secondary N) is 1. The van der Waals surface area contributed by atoms with Crippen molar-refractivity contribution >= 4 is 11.9 Å². The molecule has 0 amide bonds. The number of hydrogen-bond donors (Lipinski definition) is 2. The molecule has 1 unspecified atom stereocenters. The number of hydrazone groups is 1. The summed E-state index contributed by atoms with van der Waals surface area (Å²) in [6.07, 6.45) is 5.17. The SMILES string of the molecule is Cc1cccc(N)c1/C=N\NC1CCCCO1. The summed E-state index contributed by atoms with van der Waals surface area (Å²) in [5, 5.41) is 4.21. The molecule has 0 aliphatic carbocycles. The minimum atomic E-state index is 0.0465. The van der Waals surface area contributed by atoms with Gasteiger partial charge >= 0.3 is 0 Å². The zero-order valence-corrected chi connectivity index (χ0v) is 10.1. The lowest BCUT2D eigenvalue weighted by molar-refractivity contribution is -0.00438. The van der Waals surface area contributed by atoms with Gasteiger partial charge in [0.05, 0.1) is 6.21 Å². The van der Waals surface area contributed by atoms with E-state index in [-0.39, 0.29) is 6.23 Å². The standard InChI is InChI=1S/C13H19N3O/c1-10-5-4-6-12(14)11(10)9-15-16-13-7-2-3-8-17-13/h4-6,9,13,16H,2-3,7-8,14H2,1H3/b15-9-. The van der Waals surface area contributed by atoms with E-state index < -0.39 is 0 Å². The number of nitrogens with zero attached hydrogens (tertiary/aromatic N) is 1. The number of nitrogens with two attached hydrogens (primary N) is 1. The number of aryl methyl sites for hydroxylation is 1. The highest BCUT2D eigenvalue weighted by molar-refractivity contribution is 5.88. The molecule has 92 valence electrons. The number of nitrogen functional groups attached to an aromatic ring is 1. The molecule has 1 aromatic rings. The van der Waals surface area contributed by atoms with Crippen LogP contribution in [0.3, 0.4) is 0 Å². The number of ether oxygens (including phenoxy) is 1. The first-order chi connectivity index (χ1) is 8.27. The minimum absolute atomic E-state index is 0.0465. The van der Waals surface area contributed by atoms with Gasteiger partial charge in [0.15, 0.2) is 0 Å². The van der Waals surface area contributed by atoms with E-state index in [9.17, 15) is 0 Å². The molecule has 1 heterocycles. The Labute approximate surface area is 102 Å². The molecule has 1 fully saturated rings. The van der Waals surface area contributed by atoms with Crippen molar-refractivity contribution in [1.29, 1.82) is 0 Å². The largest absolute Gasteiger partial charge is 0.398 e. The molecule has 1 aromatic carbocycles. The lowest BCUT2D eigenvalue weighted by Gasteiger charge is -2.21. The van der Waals surface area contributed by atoms with E-state index in [4.69, 9.17) is 10.5 Å². The van der Waals surface area contributed by atoms with Crippen molar-refractivity contribution in [3.8, 4) is 0 Å². The normalized spacial score (nSPS) is 20.6. The number of hydrogen-bond acceptors (Lipinski definition) is 4. The first-order valence-corrected chi connectivity index (χ1v) is 6.02. The maximum Gasteiger partial charge on any atom is 0.142 e. The summed E-state index contributed by atoms with van der Waals surface area (Å²) in [5.41, 5.74) is 11.8. The summed E-state index contributed by atoms with van der Waals surface area (Å²) in [6.45, 7) is 2.84. The van der Waals surface area contributed by atoms with E-state index in [2.05, 4.69) is 10.5 Å². The van der Waals surface area contributed by atoms with Crippen LogP contribution in [0.2, 0.25) is 0 Å². The summed E-state index contributed by atoms with van der Waals surface area (Å²) in [6, 6.07) is 5.85. The molecule has 0 radical (unpaired) electrons. The Hall–Kier alpha value is -1.55. The van der Waals surface area contributed by atoms with E-state index in [1.54, 1.807) is 6.21 Å². The molecule has 1 aliphatic rings. The molecule has 17 heavy (non-hydrogen) atoms. The van der Waals surface area contributed by atoms with Gasteiger partial charge < -0.3 is 10.5 Å². The molecule has 4 nitrogen and oxygen atoms in total. The van der Waals surface area contributed by atoms with E-state index >= 15 is 0 Å². The molecule has 0 bridgehead atoms. The molecule has 0 aromatic heterocycles. The van der Waals surface area contributed by atoms with E-state index in [1.807, 2.05) is 25.1 Å². The Morgan fingerprint density at radius 1 is 1.47 bits per heavy atom. The summed E-state index contributed by atoms with van der Waals surface area (Å²) in [5.74, 6) is 0. The quantitative estimate of drug-likeness (QED) is 0.477. The van der Waals surface area contributed by atoms with E-state index in [1.165, 1.54) is 6.42 Å². The van der Waals surface area contributed by atoms with Crippen molar-refractivity contribution in [2.24, 2.45) is 5.10 Å². The van der Waals surface area contributed by atoms with Gasteiger partial charge in [-0.2, -0.15) is 5.10 Å². The Balaban J connectivity index is 1.95. The van der Waals surface area contributed by atoms with Gasteiger partial charge in [-0.25, -0.2) is 0 Å². The highest BCUT2D eigenvalue weighted by atomic mass is 16.5. The lowest BCUT2D eigenvalue weighted by atomic mass is 10.1. The molecule has 0 saturated carbocycles. The van der Waals surface area contributed by atoms with Crippen LogP contribution in [0.5, 0.6) is 0 Å². The maximum atomic E-state index is 5.89. The molecule has 1 atom stereocenters. The molecule has 1 aliphatic heterocycles. The van der Waals surface area contributed by atoms with Crippen LogP contribution in [0.15, 0.2) is 23.3 Å². The Kier molecular flexibility index (Phi) is 3.98. The second kappa shape index (κ2) is 5.68. The molecular formula is C13H19N3O. The average molecular weight is 233 g/mol. The van der Waals surface area contributed by atoms with Gasteiger partial charge in [0.2, 0.25) is 0 Å². The van der Waals surface area contributed by atoms with Gasteiger partial charge in [-0.1, -0.05) is 12.1 Å². The predicted octanol–water partition coefficient (Wildman–Crippen LogP) is 2.03. The van der Waals surface area contributed by atoms with Crippen molar-refractivity contribution in [1.82, 2.24) is 5.43 Å². The fourth-order valence-electron chi connectivity index (χ4n) is 1.91. The second-order valence-electron chi connectivity index (χ2n) is 4.32. The number of benzene rings is 1. The van der Waals surface area contributed by atoms with Crippen LogP contribution >= 0.6 is 0 Å². The number of anilines is 1. The van der Waals surface area contributed by atoms with Crippen molar-refractivity contribution in [2.75, 3.05) is 12.3 Å². The molecule has 1 saturated heterocycles. The Bertz CT molecular complexity index is 377. The van der Waals surface area contributed by atoms with Crippen LogP contribution in [0, 0.1) is 6.92 Å². The summed E-state index contributed by atoms with van der Waals surface area (Å²) in [4.78, 5) is 0. The third kappa shape index (κ3) is 3.20. The minimum Gasteiger partial charge on any atom is -0.398 e. The van der Waals surface area contributed by atoms with Crippen LogP contribution in [0.1, 0.15) is 30.4 Å². The average Bonchev–Trinajstić information content (AvgIpc) is 2.34. The van der Waals surface area contributed by atoms with Gasteiger partial charge in [0, 0.05) is 17.9 Å². The van der Waals surface area contributed by atoms with E-state index in [0.717, 1.165) is 36.3 Å². The zero-order chi connectivity index (χ0) is 12.1. The van der Waals surface area contributed by atoms with Gasteiger partial charge in [-0.3, -0.25) is 5.43 Å². The Morgan fingerprint density at radius 2 is 2.35 bits per heavy atom. The third-order valence-corrected chi connectivity index (χ3v) is 2.95. The predicted molar refractivity (Wildman–Crippen MR) is 69.9 cm³/mol. The maximum absolute atomic E-state index is 5.89. The highest BCUT2D eigenvalue weighted by Gasteiger charge is 2.11. The van der Waals surface area contributed by atoms with Crippen molar-refractivity contribution in [3.63, 3.8) is 0 Å². The van der Waals surface area contributed by atoms with Gasteiger partial charge in [0.1, 0.15) is 6.23 Å².